The van der Waals surface area contributed by atoms with E-state index < -0.39 is 0 Å². The van der Waals surface area contributed by atoms with E-state index in [0.717, 1.165) is 24.3 Å². The minimum atomic E-state index is -0.111. The molecule has 0 spiro atoms. The monoisotopic (exact) mass is 318 g/mol. The van der Waals surface area contributed by atoms with Gasteiger partial charge in [-0.15, -0.1) is 0 Å². The Hall–Kier alpha value is -1.05. The zero-order valence-corrected chi connectivity index (χ0v) is 15.7. The van der Waals surface area contributed by atoms with E-state index in [0.29, 0.717) is 17.8 Å². The fourth-order valence-electron chi connectivity index (χ4n) is 5.53. The molecule has 23 heavy (non-hydrogen) atoms. The molecule has 2 saturated carbocycles. The normalized spacial score (nSPS) is 35.3. The van der Waals surface area contributed by atoms with Crippen molar-refractivity contribution in [3.05, 3.63) is 23.8 Å². The number of fused-ring (bicyclic) bond motifs is 1. The zero-order chi connectivity index (χ0) is 17.3. The fourth-order valence-corrected chi connectivity index (χ4v) is 5.53. The van der Waals surface area contributed by atoms with Crippen molar-refractivity contribution in [1.29, 1.82) is 0 Å². The highest BCUT2D eigenvalue weighted by atomic mass is 16.5. The maximum atomic E-state index is 11.0. The lowest BCUT2D eigenvalue weighted by atomic mass is 9.47. The smallest absolute Gasteiger partial charge is 0.293 e. The first-order chi connectivity index (χ1) is 10.8. The maximum Gasteiger partial charge on any atom is 0.293 e. The fraction of sp³-hybridized carbons (Fsp3) is 0.762. The Morgan fingerprint density at radius 3 is 2.70 bits per heavy atom. The minimum Gasteiger partial charge on any atom is -0.460 e. The first-order valence-electron chi connectivity index (χ1n) is 9.16. The van der Waals surface area contributed by atoms with Crippen molar-refractivity contribution >= 4 is 6.47 Å². The van der Waals surface area contributed by atoms with Gasteiger partial charge in [0, 0.05) is 0 Å². The van der Waals surface area contributed by atoms with Crippen LogP contribution in [0.4, 0.5) is 0 Å². The lowest BCUT2D eigenvalue weighted by molar-refractivity contribution is -0.134. The van der Waals surface area contributed by atoms with Crippen LogP contribution in [0.1, 0.15) is 73.1 Å². The molecule has 4 atom stereocenters. The van der Waals surface area contributed by atoms with Crippen LogP contribution in [0.2, 0.25) is 0 Å². The van der Waals surface area contributed by atoms with E-state index in [2.05, 4.69) is 40.3 Å². The quantitative estimate of drug-likeness (QED) is 0.481. The van der Waals surface area contributed by atoms with E-state index >= 15 is 0 Å². The molecule has 0 amide bonds. The van der Waals surface area contributed by atoms with E-state index in [9.17, 15) is 4.79 Å². The summed E-state index contributed by atoms with van der Waals surface area (Å²) in [5.74, 6) is 1.18. The molecule has 2 aliphatic rings. The van der Waals surface area contributed by atoms with Gasteiger partial charge < -0.3 is 4.74 Å². The second-order valence-electron chi connectivity index (χ2n) is 8.64. The molecule has 0 aromatic heterocycles. The largest absolute Gasteiger partial charge is 0.460 e. The summed E-state index contributed by atoms with van der Waals surface area (Å²) < 4.78 is 5.43. The Morgan fingerprint density at radius 1 is 1.39 bits per heavy atom. The van der Waals surface area contributed by atoms with E-state index in [1.807, 2.05) is 6.92 Å². The van der Waals surface area contributed by atoms with Crippen LogP contribution >= 0.6 is 0 Å². The summed E-state index contributed by atoms with van der Waals surface area (Å²) in [7, 11) is 0. The number of carbonyl (C=O) groups excluding carboxylic acids is 1. The number of ether oxygens (including phenoxy) is 1. The lowest BCUT2D eigenvalue weighted by Gasteiger charge is -2.58. The standard InChI is InChI=1S/C21H34O2/c1-7-15(2)18(23-14-22)13-17-16(3)9-10-19-20(4,5)11-8-12-21(17,19)6/h7,14,17-19H,3,8-13H2,1-2,4-6H3/b15-7-/t17-,18-,19-,21+/m0/s1. The molecule has 0 bridgehead atoms. The molecule has 2 nitrogen and oxygen atoms in total. The summed E-state index contributed by atoms with van der Waals surface area (Å²) in [6.07, 6.45) is 9.12. The van der Waals surface area contributed by atoms with E-state index in [-0.39, 0.29) is 11.5 Å². The van der Waals surface area contributed by atoms with Gasteiger partial charge in [-0.25, -0.2) is 0 Å². The Balaban J connectivity index is 2.30. The van der Waals surface area contributed by atoms with Crippen molar-refractivity contribution in [1.82, 2.24) is 0 Å². The predicted molar refractivity (Wildman–Crippen MR) is 96.1 cm³/mol. The van der Waals surface area contributed by atoms with Crippen molar-refractivity contribution in [3.63, 3.8) is 0 Å². The van der Waals surface area contributed by atoms with Gasteiger partial charge in [0.05, 0.1) is 0 Å². The Labute approximate surface area is 142 Å². The summed E-state index contributed by atoms with van der Waals surface area (Å²) in [6, 6.07) is 0. The summed E-state index contributed by atoms with van der Waals surface area (Å²) in [5.41, 5.74) is 3.20. The SMILES string of the molecule is C=C1CC[C@H]2C(C)(C)CCC[C@]2(C)[C@H]1C[C@H](OC=O)/C(C)=C\C. The van der Waals surface area contributed by atoms with Crippen molar-refractivity contribution in [2.24, 2.45) is 22.7 Å². The van der Waals surface area contributed by atoms with Crippen LogP contribution in [-0.2, 0) is 9.53 Å². The molecule has 130 valence electrons. The molecule has 2 aliphatic carbocycles. The third-order valence-electron chi connectivity index (χ3n) is 6.95. The van der Waals surface area contributed by atoms with Gasteiger partial charge in [-0.3, -0.25) is 4.79 Å². The number of hydrogen-bond donors (Lipinski definition) is 0. The Morgan fingerprint density at radius 2 is 2.09 bits per heavy atom. The number of carbonyl (C=O) groups is 1. The second-order valence-corrected chi connectivity index (χ2v) is 8.64. The average Bonchev–Trinajstić information content (AvgIpc) is 2.48. The first-order valence-corrected chi connectivity index (χ1v) is 9.16. The molecule has 0 unspecified atom stereocenters. The van der Waals surface area contributed by atoms with Gasteiger partial charge in [0.1, 0.15) is 6.10 Å². The molecule has 0 aromatic rings. The summed E-state index contributed by atoms with van der Waals surface area (Å²) in [4.78, 5) is 11.0. The molecular formula is C21H34O2. The third kappa shape index (κ3) is 3.41. The van der Waals surface area contributed by atoms with Crippen molar-refractivity contribution < 1.29 is 9.53 Å². The number of allylic oxidation sites excluding steroid dienone is 2. The van der Waals surface area contributed by atoms with Crippen molar-refractivity contribution in [2.45, 2.75) is 79.2 Å². The van der Waals surface area contributed by atoms with Crippen LogP contribution in [0.15, 0.2) is 23.8 Å². The first kappa shape index (κ1) is 18.3. The molecule has 2 heteroatoms. The van der Waals surface area contributed by atoms with Gasteiger partial charge in [-0.2, -0.15) is 0 Å². The minimum absolute atomic E-state index is 0.111. The lowest BCUT2D eigenvalue weighted by Crippen LogP contribution is -2.50. The van der Waals surface area contributed by atoms with Gasteiger partial charge in [0.2, 0.25) is 0 Å². The Bertz CT molecular complexity index is 488. The molecule has 0 aromatic carbocycles. The second kappa shape index (κ2) is 6.83. The van der Waals surface area contributed by atoms with Gasteiger partial charge in [0.25, 0.3) is 6.47 Å². The van der Waals surface area contributed by atoms with Gasteiger partial charge in [-0.05, 0) is 74.2 Å². The molecule has 0 aliphatic heterocycles. The molecule has 2 fully saturated rings. The highest BCUT2D eigenvalue weighted by molar-refractivity contribution is 5.38. The van der Waals surface area contributed by atoms with Gasteiger partial charge in [0.15, 0.2) is 0 Å². The van der Waals surface area contributed by atoms with Crippen LogP contribution in [-0.4, -0.2) is 12.6 Å². The van der Waals surface area contributed by atoms with E-state index in [1.165, 1.54) is 31.3 Å². The predicted octanol–water partition coefficient (Wildman–Crippen LogP) is 5.68. The van der Waals surface area contributed by atoms with E-state index in [4.69, 9.17) is 4.74 Å². The van der Waals surface area contributed by atoms with Crippen LogP contribution in [0.25, 0.3) is 0 Å². The summed E-state index contributed by atoms with van der Waals surface area (Å²) in [5, 5.41) is 0. The highest BCUT2D eigenvalue weighted by Crippen LogP contribution is 2.61. The van der Waals surface area contributed by atoms with Gasteiger partial charge >= 0.3 is 0 Å². The molecule has 2 rings (SSSR count). The van der Waals surface area contributed by atoms with Crippen molar-refractivity contribution in [3.8, 4) is 0 Å². The van der Waals surface area contributed by atoms with Crippen LogP contribution in [0.3, 0.4) is 0 Å². The van der Waals surface area contributed by atoms with Crippen LogP contribution < -0.4 is 0 Å². The maximum absolute atomic E-state index is 11.0. The topological polar surface area (TPSA) is 26.3 Å². The van der Waals surface area contributed by atoms with Crippen molar-refractivity contribution in [2.75, 3.05) is 0 Å². The number of rotatable bonds is 5. The van der Waals surface area contributed by atoms with E-state index in [1.54, 1.807) is 0 Å². The van der Waals surface area contributed by atoms with Gasteiger partial charge in [-0.1, -0.05) is 45.4 Å². The number of hydrogen-bond acceptors (Lipinski definition) is 2. The molecule has 0 saturated heterocycles. The zero-order valence-electron chi connectivity index (χ0n) is 15.7. The van der Waals surface area contributed by atoms with Crippen LogP contribution in [0, 0.1) is 22.7 Å². The molecule has 0 radical (unpaired) electrons. The molecule has 0 heterocycles. The molecular weight excluding hydrogens is 284 g/mol. The molecule has 0 N–H and O–H groups in total. The third-order valence-corrected chi connectivity index (χ3v) is 6.95. The summed E-state index contributed by atoms with van der Waals surface area (Å²) >= 11 is 0. The average molecular weight is 319 g/mol. The summed E-state index contributed by atoms with van der Waals surface area (Å²) in [6.45, 7) is 16.4. The highest BCUT2D eigenvalue weighted by Gasteiger charge is 2.53. The Kier molecular flexibility index (Phi) is 5.43. The van der Waals surface area contributed by atoms with Crippen LogP contribution in [0.5, 0.6) is 0 Å².